The predicted octanol–water partition coefficient (Wildman–Crippen LogP) is 5.00. The van der Waals surface area contributed by atoms with Crippen molar-refractivity contribution in [2.75, 3.05) is 50.8 Å². The van der Waals surface area contributed by atoms with E-state index < -0.39 is 0 Å². The molecule has 1 amide bonds. The van der Waals surface area contributed by atoms with Gasteiger partial charge in [-0.05, 0) is 45.2 Å². The van der Waals surface area contributed by atoms with E-state index in [4.69, 9.17) is 9.26 Å². The van der Waals surface area contributed by atoms with Crippen molar-refractivity contribution < 1.29 is 14.1 Å². The Morgan fingerprint density at radius 3 is 2.62 bits per heavy atom. The molecule has 2 aromatic carbocycles. The smallest absolute Gasteiger partial charge is 0.254 e. The van der Waals surface area contributed by atoms with Gasteiger partial charge < -0.3 is 19.1 Å². The number of nitrogens with zero attached hydrogens (tertiary/aromatic N) is 4. The van der Waals surface area contributed by atoms with Crippen LogP contribution in [0.2, 0.25) is 0 Å². The fraction of sp³-hybridized carbons (Fsp3) is 0.467. The number of piperidine rings is 1. The van der Waals surface area contributed by atoms with Crippen LogP contribution in [-0.4, -0.2) is 72.8 Å². The minimum Gasteiger partial charge on any atom is -0.379 e. The highest BCUT2D eigenvalue weighted by Crippen LogP contribution is 2.35. The molecule has 1 unspecified atom stereocenters. The fourth-order valence-electron chi connectivity index (χ4n) is 5.38. The highest BCUT2D eigenvalue weighted by atomic mass is 16.5. The van der Waals surface area contributed by atoms with Gasteiger partial charge in [-0.3, -0.25) is 9.69 Å². The molecule has 37 heavy (non-hydrogen) atoms. The summed E-state index contributed by atoms with van der Waals surface area (Å²) in [4.78, 5) is 20.6. The average molecular weight is 503 g/mol. The van der Waals surface area contributed by atoms with E-state index in [2.05, 4.69) is 34.0 Å². The van der Waals surface area contributed by atoms with Crippen molar-refractivity contribution in [3.8, 4) is 11.3 Å². The molecule has 7 nitrogen and oxygen atoms in total. The number of carbonyl (C=O) groups excluding carboxylic acids is 1. The van der Waals surface area contributed by atoms with E-state index >= 15 is 0 Å². The van der Waals surface area contributed by atoms with Crippen molar-refractivity contribution in [1.82, 2.24) is 15.0 Å². The molecule has 196 valence electrons. The zero-order chi connectivity index (χ0) is 25.6. The van der Waals surface area contributed by atoms with Gasteiger partial charge in [0.2, 0.25) is 5.88 Å². The zero-order valence-electron chi connectivity index (χ0n) is 22.1. The van der Waals surface area contributed by atoms with Crippen molar-refractivity contribution in [1.29, 1.82) is 0 Å². The molecular formula is C30H38N4O3. The molecule has 1 atom stereocenters. The van der Waals surface area contributed by atoms with Gasteiger partial charge in [-0.15, -0.1) is 0 Å². The van der Waals surface area contributed by atoms with E-state index in [1.165, 1.54) is 6.42 Å². The van der Waals surface area contributed by atoms with E-state index in [9.17, 15) is 4.79 Å². The van der Waals surface area contributed by atoms with Gasteiger partial charge in [0.1, 0.15) is 5.69 Å². The number of hydrogen-bond donors (Lipinski definition) is 0. The van der Waals surface area contributed by atoms with Gasteiger partial charge in [0.15, 0.2) is 0 Å². The van der Waals surface area contributed by atoms with Gasteiger partial charge in [-0.25, -0.2) is 0 Å². The van der Waals surface area contributed by atoms with Gasteiger partial charge in [0, 0.05) is 49.9 Å². The second kappa shape index (κ2) is 11.9. The summed E-state index contributed by atoms with van der Waals surface area (Å²) in [6.07, 6.45) is 3.49. The molecule has 0 aliphatic carbocycles. The van der Waals surface area contributed by atoms with Crippen LogP contribution in [0.25, 0.3) is 11.3 Å². The fourth-order valence-corrected chi connectivity index (χ4v) is 5.38. The van der Waals surface area contributed by atoms with Crippen LogP contribution in [0, 0.1) is 6.92 Å². The lowest BCUT2D eigenvalue weighted by Crippen LogP contribution is -2.43. The summed E-state index contributed by atoms with van der Waals surface area (Å²) in [5.74, 6) is 0.842. The third-order valence-electron chi connectivity index (χ3n) is 7.57. The minimum atomic E-state index is 0.0369. The van der Waals surface area contributed by atoms with Crippen LogP contribution < -0.4 is 4.90 Å². The molecule has 2 aliphatic rings. The van der Waals surface area contributed by atoms with E-state index in [1.807, 2.05) is 54.3 Å². The lowest BCUT2D eigenvalue weighted by Gasteiger charge is -2.34. The van der Waals surface area contributed by atoms with E-state index in [0.29, 0.717) is 24.7 Å². The Kier molecular flexibility index (Phi) is 8.21. The summed E-state index contributed by atoms with van der Waals surface area (Å²) in [5, 5.41) is 4.56. The molecule has 0 saturated carbocycles. The number of carbonyl (C=O) groups is 1. The van der Waals surface area contributed by atoms with Crippen molar-refractivity contribution in [2.24, 2.45) is 0 Å². The molecule has 7 heteroatoms. The summed E-state index contributed by atoms with van der Waals surface area (Å²) in [7, 11) is 0. The Balaban J connectivity index is 1.49. The summed E-state index contributed by atoms with van der Waals surface area (Å²) < 4.78 is 11.6. The average Bonchev–Trinajstić information content (AvgIpc) is 3.35. The molecule has 1 aromatic heterocycles. The summed E-state index contributed by atoms with van der Waals surface area (Å²) in [6, 6.07) is 18.4. The van der Waals surface area contributed by atoms with Gasteiger partial charge in [0.05, 0.1) is 25.3 Å². The Labute approximate surface area is 220 Å². The van der Waals surface area contributed by atoms with Crippen molar-refractivity contribution >= 4 is 11.8 Å². The summed E-state index contributed by atoms with van der Waals surface area (Å²) in [6.45, 7) is 10.4. The number of morpholine rings is 1. The third kappa shape index (κ3) is 6.05. The zero-order valence-corrected chi connectivity index (χ0v) is 22.1. The molecule has 0 radical (unpaired) electrons. The van der Waals surface area contributed by atoms with Crippen LogP contribution >= 0.6 is 0 Å². The number of hydrogen-bond acceptors (Lipinski definition) is 6. The molecule has 2 fully saturated rings. The maximum absolute atomic E-state index is 13.9. The van der Waals surface area contributed by atoms with Crippen LogP contribution in [0.4, 0.5) is 5.88 Å². The maximum Gasteiger partial charge on any atom is 0.254 e. The van der Waals surface area contributed by atoms with Gasteiger partial charge >= 0.3 is 0 Å². The third-order valence-corrected chi connectivity index (χ3v) is 7.57. The van der Waals surface area contributed by atoms with E-state index in [-0.39, 0.29) is 5.91 Å². The molecule has 0 spiro atoms. The number of aryl methyl sites for hydroxylation is 1. The van der Waals surface area contributed by atoms with Gasteiger partial charge in [-0.1, -0.05) is 53.2 Å². The Morgan fingerprint density at radius 1 is 1.05 bits per heavy atom. The number of ether oxygens (including phenoxy) is 1. The number of rotatable bonds is 8. The number of amides is 1. The van der Waals surface area contributed by atoms with Crippen molar-refractivity contribution in [3.63, 3.8) is 0 Å². The first kappa shape index (κ1) is 25.5. The quantitative estimate of drug-likeness (QED) is 0.432. The second-order valence-corrected chi connectivity index (χ2v) is 10.3. The van der Waals surface area contributed by atoms with Crippen molar-refractivity contribution in [3.05, 3.63) is 71.3 Å². The largest absolute Gasteiger partial charge is 0.379 e. The van der Waals surface area contributed by atoms with Gasteiger partial charge in [0.25, 0.3) is 5.91 Å². The number of benzene rings is 2. The Bertz CT molecular complexity index is 1170. The molecular weight excluding hydrogens is 464 g/mol. The highest BCUT2D eigenvalue weighted by Gasteiger charge is 2.30. The Morgan fingerprint density at radius 2 is 1.86 bits per heavy atom. The summed E-state index contributed by atoms with van der Waals surface area (Å²) in [5.41, 5.74) is 4.61. The van der Waals surface area contributed by atoms with Crippen LogP contribution in [0.15, 0.2) is 59.1 Å². The standard InChI is InChI=1S/C30H38N4O3/c1-23-9-8-13-26(21-23)29(35)33(16-15-32-17-19-36-20-18-32)22-27-28(25-11-4-3-5-12-25)31-37-30(27)34-14-7-6-10-24(34)2/h3-5,8-9,11-13,21,24H,6-7,10,14-20,22H2,1-2H3. The Hall–Kier alpha value is -3.16. The highest BCUT2D eigenvalue weighted by molar-refractivity contribution is 5.94. The van der Waals surface area contributed by atoms with Crippen LogP contribution in [0.3, 0.4) is 0 Å². The number of aromatic nitrogens is 1. The molecule has 3 aromatic rings. The lowest BCUT2D eigenvalue weighted by atomic mass is 10.0. The van der Waals surface area contributed by atoms with Crippen LogP contribution in [0.5, 0.6) is 0 Å². The molecule has 0 N–H and O–H groups in total. The first-order chi connectivity index (χ1) is 18.1. The normalized spacial score (nSPS) is 18.6. The lowest BCUT2D eigenvalue weighted by molar-refractivity contribution is 0.0320. The van der Waals surface area contributed by atoms with Crippen LogP contribution in [-0.2, 0) is 11.3 Å². The molecule has 3 heterocycles. The number of anilines is 1. The summed E-state index contributed by atoms with van der Waals surface area (Å²) >= 11 is 0. The minimum absolute atomic E-state index is 0.0369. The topological polar surface area (TPSA) is 62.1 Å². The predicted molar refractivity (Wildman–Crippen MR) is 146 cm³/mol. The SMILES string of the molecule is Cc1cccc(C(=O)N(CCN2CCOCC2)Cc2c(-c3ccccc3)noc2N2CCCCC2C)c1. The molecule has 2 saturated heterocycles. The van der Waals surface area contributed by atoms with Gasteiger partial charge in [-0.2, -0.15) is 0 Å². The second-order valence-electron chi connectivity index (χ2n) is 10.3. The van der Waals surface area contributed by atoms with E-state index in [0.717, 1.165) is 80.5 Å². The van der Waals surface area contributed by atoms with Crippen LogP contribution in [0.1, 0.15) is 47.7 Å². The van der Waals surface area contributed by atoms with Crippen molar-refractivity contribution in [2.45, 2.75) is 45.7 Å². The molecule has 2 aliphatic heterocycles. The monoisotopic (exact) mass is 502 g/mol. The first-order valence-corrected chi connectivity index (χ1v) is 13.6. The van der Waals surface area contributed by atoms with E-state index in [1.54, 1.807) is 0 Å². The maximum atomic E-state index is 13.9. The molecule has 5 rings (SSSR count). The molecule has 0 bridgehead atoms. The first-order valence-electron chi connectivity index (χ1n) is 13.6.